The molecule has 7 nitrogen and oxygen atoms in total. The van der Waals surface area contributed by atoms with Gasteiger partial charge in [-0.15, -0.1) is 0 Å². The van der Waals surface area contributed by atoms with E-state index in [1.54, 1.807) is 13.8 Å². The summed E-state index contributed by atoms with van der Waals surface area (Å²) in [6, 6.07) is -0.705. The number of carbonyl (C=O) groups is 3. The van der Waals surface area contributed by atoms with Gasteiger partial charge in [0.1, 0.15) is 5.54 Å². The maximum absolute atomic E-state index is 12.3. The summed E-state index contributed by atoms with van der Waals surface area (Å²) >= 11 is 0. The molecule has 0 aromatic carbocycles. The van der Waals surface area contributed by atoms with Gasteiger partial charge in [0.25, 0.3) is 0 Å². The van der Waals surface area contributed by atoms with Gasteiger partial charge in [-0.3, -0.25) is 9.59 Å². The first-order chi connectivity index (χ1) is 9.32. The number of nitrogens with one attached hydrogen (secondary N) is 2. The van der Waals surface area contributed by atoms with Gasteiger partial charge in [-0.25, -0.2) is 4.79 Å². The van der Waals surface area contributed by atoms with Crippen LogP contribution in [0.2, 0.25) is 0 Å². The van der Waals surface area contributed by atoms with Crippen molar-refractivity contribution in [1.29, 1.82) is 0 Å². The van der Waals surface area contributed by atoms with E-state index in [2.05, 4.69) is 10.6 Å². The Labute approximate surface area is 117 Å². The molecule has 1 aliphatic heterocycles. The van der Waals surface area contributed by atoms with Gasteiger partial charge in [0.05, 0.1) is 6.42 Å². The van der Waals surface area contributed by atoms with Crippen molar-refractivity contribution in [2.75, 3.05) is 13.1 Å². The van der Waals surface area contributed by atoms with Crippen LogP contribution in [0.4, 0.5) is 4.79 Å². The van der Waals surface area contributed by atoms with Crippen LogP contribution in [0.15, 0.2) is 0 Å². The Morgan fingerprint density at radius 1 is 1.50 bits per heavy atom. The highest BCUT2D eigenvalue weighted by Gasteiger charge is 2.42. The minimum atomic E-state index is -0.919. The highest BCUT2D eigenvalue weighted by Crippen LogP contribution is 2.34. The van der Waals surface area contributed by atoms with Crippen molar-refractivity contribution in [3.63, 3.8) is 0 Å². The summed E-state index contributed by atoms with van der Waals surface area (Å²) < 4.78 is 0. The SMILES string of the molecule is CC1(C)C(=O)NCCN1C(=O)NC(CC(=O)O)C1CC1. The number of aliphatic carboxylic acids is 1. The van der Waals surface area contributed by atoms with Crippen LogP contribution in [0, 0.1) is 5.92 Å². The van der Waals surface area contributed by atoms with Crippen molar-refractivity contribution < 1.29 is 19.5 Å². The fourth-order valence-corrected chi connectivity index (χ4v) is 2.51. The van der Waals surface area contributed by atoms with E-state index in [9.17, 15) is 14.4 Å². The van der Waals surface area contributed by atoms with Gasteiger partial charge in [-0.1, -0.05) is 0 Å². The standard InChI is InChI=1S/C13H21N3O4/c1-13(2)11(19)14-5-6-16(13)12(20)15-9(7-10(17)18)8-3-4-8/h8-9H,3-7H2,1-2H3,(H,14,19)(H,15,20)(H,17,18). The topological polar surface area (TPSA) is 98.7 Å². The lowest BCUT2D eigenvalue weighted by Gasteiger charge is -2.41. The maximum atomic E-state index is 12.3. The molecule has 1 aliphatic carbocycles. The van der Waals surface area contributed by atoms with Crippen LogP contribution in [0.25, 0.3) is 0 Å². The molecule has 1 atom stereocenters. The Kier molecular flexibility index (Phi) is 3.87. The molecule has 1 saturated carbocycles. The summed E-state index contributed by atoms with van der Waals surface area (Å²) in [5.41, 5.74) is -0.917. The Morgan fingerprint density at radius 2 is 2.15 bits per heavy atom. The summed E-state index contributed by atoms with van der Waals surface area (Å²) in [5.74, 6) is -0.866. The van der Waals surface area contributed by atoms with Gasteiger partial charge in [-0.2, -0.15) is 0 Å². The van der Waals surface area contributed by atoms with Crippen molar-refractivity contribution in [2.45, 2.75) is 44.7 Å². The van der Waals surface area contributed by atoms with Crippen LogP contribution >= 0.6 is 0 Å². The van der Waals surface area contributed by atoms with Gasteiger partial charge >= 0.3 is 12.0 Å². The number of carboxylic acid groups (broad SMARTS) is 1. The third kappa shape index (κ3) is 3.02. The number of amides is 3. The molecule has 0 bridgehead atoms. The number of urea groups is 1. The maximum Gasteiger partial charge on any atom is 0.318 e. The van der Waals surface area contributed by atoms with Crippen molar-refractivity contribution in [3.05, 3.63) is 0 Å². The molecule has 20 heavy (non-hydrogen) atoms. The second-order valence-electron chi connectivity index (χ2n) is 5.96. The summed E-state index contributed by atoms with van der Waals surface area (Å²) in [6.45, 7) is 4.21. The number of nitrogens with zero attached hydrogens (tertiary/aromatic N) is 1. The Hall–Kier alpha value is -1.79. The van der Waals surface area contributed by atoms with E-state index in [-0.39, 0.29) is 30.3 Å². The molecule has 1 saturated heterocycles. The molecular formula is C13H21N3O4. The van der Waals surface area contributed by atoms with Crippen LogP contribution in [0.5, 0.6) is 0 Å². The molecular weight excluding hydrogens is 262 g/mol. The number of hydrogen-bond acceptors (Lipinski definition) is 3. The van der Waals surface area contributed by atoms with Gasteiger partial charge in [0.2, 0.25) is 5.91 Å². The molecule has 0 radical (unpaired) electrons. The van der Waals surface area contributed by atoms with Crippen LogP contribution in [-0.2, 0) is 9.59 Å². The van der Waals surface area contributed by atoms with Crippen LogP contribution in [0.3, 0.4) is 0 Å². The smallest absolute Gasteiger partial charge is 0.318 e. The van der Waals surface area contributed by atoms with E-state index < -0.39 is 11.5 Å². The molecule has 3 amide bonds. The zero-order valence-corrected chi connectivity index (χ0v) is 11.8. The predicted octanol–water partition coefficient (Wildman–Crippen LogP) is 0.160. The number of carbonyl (C=O) groups excluding carboxylic acids is 2. The van der Waals surface area contributed by atoms with Crippen molar-refractivity contribution in [3.8, 4) is 0 Å². The highest BCUT2D eigenvalue weighted by atomic mass is 16.4. The number of hydrogen-bond donors (Lipinski definition) is 3. The van der Waals surface area contributed by atoms with Crippen LogP contribution in [-0.4, -0.2) is 52.6 Å². The minimum absolute atomic E-state index is 0.0725. The first kappa shape index (κ1) is 14.6. The van der Waals surface area contributed by atoms with Crippen molar-refractivity contribution in [1.82, 2.24) is 15.5 Å². The molecule has 0 aromatic heterocycles. The van der Waals surface area contributed by atoms with Crippen LogP contribution in [0.1, 0.15) is 33.1 Å². The number of carboxylic acids is 1. The molecule has 0 aromatic rings. The van der Waals surface area contributed by atoms with Crippen molar-refractivity contribution >= 4 is 17.9 Å². The van der Waals surface area contributed by atoms with E-state index in [0.717, 1.165) is 12.8 Å². The van der Waals surface area contributed by atoms with E-state index in [0.29, 0.717) is 13.1 Å². The van der Waals surface area contributed by atoms with Gasteiger partial charge in [0, 0.05) is 19.1 Å². The summed E-state index contributed by atoms with van der Waals surface area (Å²) in [6.07, 6.45) is 1.82. The van der Waals surface area contributed by atoms with Gasteiger partial charge < -0.3 is 20.6 Å². The first-order valence-corrected chi connectivity index (χ1v) is 6.90. The highest BCUT2D eigenvalue weighted by molar-refractivity contribution is 5.91. The zero-order chi connectivity index (χ0) is 14.9. The Morgan fingerprint density at radius 3 is 2.70 bits per heavy atom. The Balaban J connectivity index is 2.02. The largest absolute Gasteiger partial charge is 0.481 e. The molecule has 0 spiro atoms. The molecule has 2 rings (SSSR count). The lowest BCUT2D eigenvalue weighted by atomic mass is 9.99. The number of piperazine rings is 1. The van der Waals surface area contributed by atoms with Crippen molar-refractivity contribution in [2.24, 2.45) is 5.92 Å². The molecule has 112 valence electrons. The summed E-state index contributed by atoms with van der Waals surface area (Å²) in [5, 5.41) is 14.4. The second kappa shape index (κ2) is 5.30. The minimum Gasteiger partial charge on any atom is -0.481 e. The van der Waals surface area contributed by atoms with Gasteiger partial charge in [-0.05, 0) is 32.6 Å². The summed E-state index contributed by atoms with van der Waals surface area (Å²) in [7, 11) is 0. The van der Waals surface area contributed by atoms with Crippen LogP contribution < -0.4 is 10.6 Å². The average Bonchev–Trinajstić information content (AvgIpc) is 3.15. The quantitative estimate of drug-likeness (QED) is 0.684. The molecule has 2 aliphatic rings. The second-order valence-corrected chi connectivity index (χ2v) is 5.96. The van der Waals surface area contributed by atoms with E-state index in [1.165, 1.54) is 4.90 Å². The summed E-state index contributed by atoms with van der Waals surface area (Å²) in [4.78, 5) is 36.5. The van der Waals surface area contributed by atoms with E-state index >= 15 is 0 Å². The zero-order valence-electron chi connectivity index (χ0n) is 11.8. The fourth-order valence-electron chi connectivity index (χ4n) is 2.51. The fraction of sp³-hybridized carbons (Fsp3) is 0.769. The Bertz CT molecular complexity index is 431. The first-order valence-electron chi connectivity index (χ1n) is 6.90. The molecule has 1 heterocycles. The third-order valence-electron chi connectivity index (χ3n) is 3.99. The molecule has 3 N–H and O–H groups in total. The molecule has 1 unspecified atom stereocenters. The monoisotopic (exact) mass is 283 g/mol. The average molecular weight is 283 g/mol. The third-order valence-corrected chi connectivity index (χ3v) is 3.99. The lowest BCUT2D eigenvalue weighted by molar-refractivity contribution is -0.138. The normalized spacial score (nSPS) is 22.9. The lowest BCUT2D eigenvalue weighted by Crippen LogP contribution is -2.65. The van der Waals surface area contributed by atoms with E-state index in [4.69, 9.17) is 5.11 Å². The molecule has 7 heteroatoms. The predicted molar refractivity (Wildman–Crippen MR) is 71.1 cm³/mol. The number of rotatable bonds is 4. The van der Waals surface area contributed by atoms with Gasteiger partial charge in [0.15, 0.2) is 0 Å². The van der Waals surface area contributed by atoms with E-state index in [1.807, 2.05) is 0 Å². The molecule has 2 fully saturated rings.